The number of carbonyl (C=O) groups excluding carboxylic acids is 4. The number of carbonyl (C=O) groups is 4. The van der Waals surface area contributed by atoms with E-state index in [9.17, 15) is 24.3 Å². The van der Waals surface area contributed by atoms with Gasteiger partial charge >= 0.3 is 5.97 Å². The molecule has 6 atom stereocenters. The Balaban J connectivity index is 1.41. The lowest BCUT2D eigenvalue weighted by molar-refractivity contribution is -0.159. The van der Waals surface area contributed by atoms with E-state index in [4.69, 9.17) is 9.47 Å². The van der Waals surface area contributed by atoms with Crippen molar-refractivity contribution in [2.45, 2.75) is 62.9 Å². The van der Waals surface area contributed by atoms with E-state index in [2.05, 4.69) is 18.5 Å². The Morgan fingerprint density at radius 2 is 1.98 bits per heavy atom. The highest BCUT2D eigenvalue weighted by atomic mass is 16.6. The molecule has 3 amide bonds. The first-order chi connectivity index (χ1) is 21.2. The zero-order valence-electron chi connectivity index (χ0n) is 25.2. The van der Waals surface area contributed by atoms with Crippen molar-refractivity contribution in [3.05, 3.63) is 67.8 Å². The molecule has 234 valence electrons. The van der Waals surface area contributed by atoms with E-state index in [1.807, 2.05) is 42.5 Å². The summed E-state index contributed by atoms with van der Waals surface area (Å²) in [6, 6.07) is 12.6. The summed E-state index contributed by atoms with van der Waals surface area (Å²) >= 11 is 0. The number of allylic oxidation sites excluding steroid dienone is 1. The van der Waals surface area contributed by atoms with Crippen molar-refractivity contribution in [2.75, 3.05) is 31.1 Å². The van der Waals surface area contributed by atoms with Crippen LogP contribution in [0.15, 0.2) is 67.8 Å². The van der Waals surface area contributed by atoms with Crippen molar-refractivity contribution in [3.8, 4) is 0 Å². The van der Waals surface area contributed by atoms with Gasteiger partial charge in [-0.15, -0.1) is 13.2 Å². The van der Waals surface area contributed by atoms with Gasteiger partial charge in [0, 0.05) is 31.8 Å². The number of likely N-dealkylation sites (tertiary alicyclic amines) is 1. The number of ether oxygens (including phenoxy) is 2. The van der Waals surface area contributed by atoms with Gasteiger partial charge in [-0.2, -0.15) is 0 Å². The molecule has 3 aliphatic rings. The van der Waals surface area contributed by atoms with E-state index in [1.54, 1.807) is 24.0 Å². The molecule has 2 N–H and O–H groups in total. The number of esters is 1. The lowest BCUT2D eigenvalue weighted by Crippen LogP contribution is -2.56. The molecule has 2 aromatic rings. The number of aliphatic hydroxyl groups excluding tert-OH is 1. The summed E-state index contributed by atoms with van der Waals surface area (Å²) in [6.45, 7) is 9.49. The minimum absolute atomic E-state index is 0.135. The summed E-state index contributed by atoms with van der Waals surface area (Å²) in [6.07, 6.45) is 4.18. The fourth-order valence-corrected chi connectivity index (χ4v) is 7.02. The Hall–Kier alpha value is -4.02. The molecule has 10 nitrogen and oxygen atoms in total. The molecule has 3 fully saturated rings. The number of hydrogen-bond donors (Lipinski definition) is 2. The molecule has 0 aliphatic carbocycles. The monoisotopic (exact) mass is 603 g/mol. The number of nitrogens with zero attached hydrogens (tertiary/aromatic N) is 2. The summed E-state index contributed by atoms with van der Waals surface area (Å²) in [4.78, 5) is 57.4. The smallest absolute Gasteiger partial charge is 0.312 e. The van der Waals surface area contributed by atoms with Gasteiger partial charge in [0.2, 0.25) is 11.8 Å². The van der Waals surface area contributed by atoms with Crippen LogP contribution in [0.4, 0.5) is 5.69 Å². The van der Waals surface area contributed by atoms with Crippen molar-refractivity contribution in [2.24, 2.45) is 11.8 Å². The average molecular weight is 604 g/mol. The number of hydrogen-bond acceptors (Lipinski definition) is 7. The van der Waals surface area contributed by atoms with Gasteiger partial charge in [-0.05, 0) is 55.5 Å². The standard InChI is InChI=1S/C34H41N3O7/c1-4-6-12-27(39)35-21-22(3)43-33(42)28-26-15-16-34(44-26)29(28)31(40)37(18-9-19-38)30(34)32(41)36(17-5-2)25-14-13-23-10-7-8-11-24(23)20-25/h4-5,7-8,10-11,13-14,20,22,26,28-30,38H,1-2,6,9,12,15-19,21H2,3H3,(H,35,39)/t22-,26-,28+,29+,30-,34+/m1/s1. The first-order valence-corrected chi connectivity index (χ1v) is 15.3. The highest BCUT2D eigenvalue weighted by Gasteiger charge is 2.75. The number of fused-ring (bicyclic) bond motifs is 2. The maximum absolute atomic E-state index is 14.6. The van der Waals surface area contributed by atoms with Gasteiger partial charge < -0.3 is 29.7 Å². The highest BCUT2D eigenvalue weighted by Crippen LogP contribution is 2.59. The molecule has 2 aromatic carbocycles. The van der Waals surface area contributed by atoms with Gasteiger partial charge in [0.05, 0.1) is 24.5 Å². The van der Waals surface area contributed by atoms with Gasteiger partial charge in [0.25, 0.3) is 5.91 Å². The van der Waals surface area contributed by atoms with E-state index in [1.165, 1.54) is 4.90 Å². The lowest BCUT2D eigenvalue weighted by Gasteiger charge is -2.36. The van der Waals surface area contributed by atoms with Crippen LogP contribution in [0.3, 0.4) is 0 Å². The zero-order chi connectivity index (χ0) is 31.4. The summed E-state index contributed by atoms with van der Waals surface area (Å²) in [7, 11) is 0. The second-order valence-electron chi connectivity index (χ2n) is 11.8. The van der Waals surface area contributed by atoms with Crippen LogP contribution in [0.2, 0.25) is 0 Å². The van der Waals surface area contributed by atoms with Gasteiger partial charge in [-0.25, -0.2) is 0 Å². The highest BCUT2D eigenvalue weighted by molar-refractivity contribution is 6.05. The normalized spacial score (nSPS) is 25.9. The molecule has 0 radical (unpaired) electrons. The minimum Gasteiger partial charge on any atom is -0.460 e. The first-order valence-electron chi connectivity index (χ1n) is 15.3. The molecule has 10 heteroatoms. The summed E-state index contributed by atoms with van der Waals surface area (Å²) in [5.74, 6) is -3.17. The molecular formula is C34H41N3O7. The van der Waals surface area contributed by atoms with Crippen LogP contribution in [-0.4, -0.2) is 83.8 Å². The summed E-state index contributed by atoms with van der Waals surface area (Å²) < 4.78 is 12.2. The topological polar surface area (TPSA) is 125 Å². The van der Waals surface area contributed by atoms with Gasteiger partial charge in [-0.3, -0.25) is 19.2 Å². The Morgan fingerprint density at radius 3 is 2.70 bits per heavy atom. The van der Waals surface area contributed by atoms with E-state index >= 15 is 0 Å². The molecule has 0 unspecified atom stereocenters. The van der Waals surface area contributed by atoms with Crippen LogP contribution < -0.4 is 10.2 Å². The lowest BCUT2D eigenvalue weighted by atomic mass is 9.70. The second-order valence-corrected chi connectivity index (χ2v) is 11.8. The Morgan fingerprint density at radius 1 is 1.20 bits per heavy atom. The molecule has 3 saturated heterocycles. The largest absolute Gasteiger partial charge is 0.460 e. The predicted molar refractivity (Wildman–Crippen MR) is 166 cm³/mol. The van der Waals surface area contributed by atoms with Gasteiger partial charge in [-0.1, -0.05) is 42.5 Å². The minimum atomic E-state index is -1.20. The molecule has 0 aromatic heterocycles. The second kappa shape index (κ2) is 13.3. The number of aliphatic hydroxyl groups is 1. The number of anilines is 1. The third kappa shape index (κ3) is 5.76. The van der Waals surface area contributed by atoms with Crippen LogP contribution in [0, 0.1) is 11.8 Å². The molecule has 44 heavy (non-hydrogen) atoms. The van der Waals surface area contributed by atoms with Crippen LogP contribution in [0.25, 0.3) is 10.8 Å². The van der Waals surface area contributed by atoms with Gasteiger partial charge in [0.1, 0.15) is 17.7 Å². The fraction of sp³-hybridized carbons (Fsp3) is 0.471. The van der Waals surface area contributed by atoms with E-state index < -0.39 is 41.7 Å². The molecule has 2 bridgehead atoms. The number of amides is 3. The van der Waals surface area contributed by atoms with Crippen molar-refractivity contribution >= 4 is 40.2 Å². The number of nitrogens with one attached hydrogen (secondary N) is 1. The van der Waals surface area contributed by atoms with E-state index in [0.29, 0.717) is 31.4 Å². The quantitative estimate of drug-likeness (QED) is 0.251. The third-order valence-electron chi connectivity index (χ3n) is 8.97. The zero-order valence-corrected chi connectivity index (χ0v) is 25.2. The maximum atomic E-state index is 14.6. The van der Waals surface area contributed by atoms with E-state index in [-0.39, 0.29) is 50.4 Å². The third-order valence-corrected chi connectivity index (χ3v) is 8.97. The van der Waals surface area contributed by atoms with Crippen molar-refractivity contribution in [3.63, 3.8) is 0 Å². The first kappa shape index (κ1) is 31.4. The van der Waals surface area contributed by atoms with Crippen LogP contribution in [-0.2, 0) is 28.7 Å². The average Bonchev–Trinajstić information content (AvgIpc) is 3.67. The predicted octanol–water partition coefficient (Wildman–Crippen LogP) is 3.13. The Kier molecular flexibility index (Phi) is 9.51. The molecular weight excluding hydrogens is 562 g/mol. The van der Waals surface area contributed by atoms with Gasteiger partial charge in [0.15, 0.2) is 0 Å². The molecule has 5 rings (SSSR count). The molecule has 3 aliphatic heterocycles. The Labute approximate surface area is 257 Å². The van der Waals surface area contributed by atoms with Crippen molar-refractivity contribution < 1.29 is 33.8 Å². The number of benzene rings is 2. The van der Waals surface area contributed by atoms with E-state index in [0.717, 1.165) is 10.8 Å². The molecule has 3 heterocycles. The van der Waals surface area contributed by atoms with Crippen LogP contribution in [0.1, 0.15) is 39.0 Å². The van der Waals surface area contributed by atoms with Crippen molar-refractivity contribution in [1.29, 1.82) is 0 Å². The summed E-state index contributed by atoms with van der Waals surface area (Å²) in [5.41, 5.74) is -0.536. The molecule has 0 saturated carbocycles. The SMILES string of the molecule is C=CCCC(=O)NC[C@@H](C)OC(=O)[C@@H]1[C@H]2C(=O)N(CCCO)[C@H](C(=O)N(CC=C)c3ccc4ccccc4c3)[C@]23CC[C@H]1O3. The van der Waals surface area contributed by atoms with Crippen LogP contribution in [0.5, 0.6) is 0 Å². The molecule has 1 spiro atoms. The maximum Gasteiger partial charge on any atom is 0.312 e. The summed E-state index contributed by atoms with van der Waals surface area (Å²) in [5, 5.41) is 14.4. The van der Waals surface area contributed by atoms with Crippen LogP contribution >= 0.6 is 0 Å². The Bertz CT molecular complexity index is 1440. The van der Waals surface area contributed by atoms with Crippen molar-refractivity contribution in [1.82, 2.24) is 10.2 Å². The number of rotatable bonds is 14. The fourth-order valence-electron chi connectivity index (χ4n) is 7.02.